The maximum atomic E-state index is 12.8. The Morgan fingerprint density at radius 2 is 2.00 bits per heavy atom. The number of hydrogen-bond acceptors (Lipinski definition) is 5. The van der Waals surface area contributed by atoms with Crippen LogP contribution in [0, 0.1) is 0 Å². The summed E-state index contributed by atoms with van der Waals surface area (Å²) in [6.07, 6.45) is 1.34. The maximum Gasteiger partial charge on any atom is 0.409 e. The fourth-order valence-electron chi connectivity index (χ4n) is 2.97. The molecule has 0 saturated carbocycles. The van der Waals surface area contributed by atoms with Crippen LogP contribution >= 0.6 is 0 Å². The number of carbonyl (C=O) groups excluding carboxylic acids is 1. The molecule has 1 aromatic rings. The van der Waals surface area contributed by atoms with Gasteiger partial charge in [0.05, 0.1) is 18.1 Å². The van der Waals surface area contributed by atoms with Crippen molar-refractivity contribution in [1.82, 2.24) is 9.21 Å². The summed E-state index contributed by atoms with van der Waals surface area (Å²) in [5.74, 6) is 0.771. The first kappa shape index (κ1) is 17.0. The molecule has 3 rings (SSSR count). The first-order chi connectivity index (χ1) is 11.5. The molecular weight excluding hydrogens is 332 g/mol. The number of carbonyl (C=O) groups is 1. The fraction of sp³-hybridized carbons (Fsp3) is 0.562. The van der Waals surface area contributed by atoms with Crippen molar-refractivity contribution < 1.29 is 22.7 Å². The van der Waals surface area contributed by atoms with Crippen LogP contribution in [0.3, 0.4) is 0 Å². The minimum absolute atomic E-state index is 0.273. The third-order valence-electron chi connectivity index (χ3n) is 4.28. The third kappa shape index (κ3) is 3.34. The van der Waals surface area contributed by atoms with Crippen molar-refractivity contribution in [1.29, 1.82) is 0 Å². The van der Waals surface area contributed by atoms with E-state index in [0.29, 0.717) is 26.3 Å². The van der Waals surface area contributed by atoms with Gasteiger partial charge >= 0.3 is 6.09 Å². The topological polar surface area (TPSA) is 76.2 Å². The Morgan fingerprint density at radius 3 is 2.71 bits per heavy atom. The summed E-state index contributed by atoms with van der Waals surface area (Å²) in [5.41, 5.74) is 0.937. The average Bonchev–Trinajstić information content (AvgIpc) is 2.61. The summed E-state index contributed by atoms with van der Waals surface area (Å²) in [6, 6.07) is 5.04. The number of hydrogen-bond donors (Lipinski definition) is 0. The van der Waals surface area contributed by atoms with Crippen LogP contribution in [-0.4, -0.2) is 63.1 Å². The van der Waals surface area contributed by atoms with Crippen LogP contribution in [0.1, 0.15) is 18.9 Å². The SMILES string of the molecule is CCOC(=O)N1CCN(S(=O)(=O)c2ccc3c(c2)CCCO3)CC1. The van der Waals surface area contributed by atoms with Gasteiger partial charge in [0.15, 0.2) is 0 Å². The van der Waals surface area contributed by atoms with E-state index in [-0.39, 0.29) is 24.1 Å². The van der Waals surface area contributed by atoms with E-state index in [0.717, 1.165) is 24.2 Å². The molecule has 1 fully saturated rings. The third-order valence-corrected chi connectivity index (χ3v) is 6.18. The lowest BCUT2D eigenvalue weighted by molar-refractivity contribution is 0.0934. The molecule has 8 heteroatoms. The number of amides is 1. The zero-order valence-corrected chi connectivity index (χ0v) is 14.5. The van der Waals surface area contributed by atoms with Gasteiger partial charge in [-0.05, 0) is 43.5 Å². The van der Waals surface area contributed by atoms with E-state index in [9.17, 15) is 13.2 Å². The number of sulfonamides is 1. The largest absolute Gasteiger partial charge is 0.493 e. The summed E-state index contributed by atoms with van der Waals surface area (Å²) in [4.78, 5) is 13.5. The number of ether oxygens (including phenoxy) is 2. The van der Waals surface area contributed by atoms with E-state index in [2.05, 4.69) is 0 Å². The van der Waals surface area contributed by atoms with E-state index in [1.807, 2.05) is 0 Å². The molecule has 2 aliphatic heterocycles. The van der Waals surface area contributed by atoms with Gasteiger partial charge in [-0.25, -0.2) is 13.2 Å². The molecular formula is C16H22N2O5S. The van der Waals surface area contributed by atoms with Crippen LogP contribution in [0.5, 0.6) is 5.75 Å². The maximum absolute atomic E-state index is 12.8. The highest BCUT2D eigenvalue weighted by Gasteiger charge is 2.31. The first-order valence-electron chi connectivity index (χ1n) is 8.20. The molecule has 0 bridgehead atoms. The van der Waals surface area contributed by atoms with Gasteiger partial charge in [0.1, 0.15) is 5.75 Å². The number of rotatable bonds is 3. The van der Waals surface area contributed by atoms with Crippen molar-refractivity contribution in [3.05, 3.63) is 23.8 Å². The second-order valence-electron chi connectivity index (χ2n) is 5.81. The quantitative estimate of drug-likeness (QED) is 0.822. The fourth-order valence-corrected chi connectivity index (χ4v) is 4.45. The Balaban J connectivity index is 1.71. The molecule has 132 valence electrons. The smallest absolute Gasteiger partial charge is 0.409 e. The monoisotopic (exact) mass is 354 g/mol. The molecule has 0 unspecified atom stereocenters. The van der Waals surface area contributed by atoms with E-state index < -0.39 is 10.0 Å². The average molecular weight is 354 g/mol. The zero-order chi connectivity index (χ0) is 17.2. The number of aryl methyl sites for hydroxylation is 1. The van der Waals surface area contributed by atoms with E-state index in [4.69, 9.17) is 9.47 Å². The normalized spacial score (nSPS) is 18.6. The lowest BCUT2D eigenvalue weighted by Gasteiger charge is -2.33. The Kier molecular flexibility index (Phi) is 4.96. The van der Waals surface area contributed by atoms with Gasteiger partial charge in [-0.1, -0.05) is 0 Å². The van der Waals surface area contributed by atoms with E-state index >= 15 is 0 Å². The van der Waals surface area contributed by atoms with Crippen LogP contribution in [0.2, 0.25) is 0 Å². The van der Waals surface area contributed by atoms with Crippen molar-refractivity contribution >= 4 is 16.1 Å². The summed E-state index contributed by atoms with van der Waals surface area (Å²) in [5, 5.41) is 0. The van der Waals surface area contributed by atoms with Gasteiger partial charge in [-0.3, -0.25) is 0 Å². The second-order valence-corrected chi connectivity index (χ2v) is 7.75. The molecule has 24 heavy (non-hydrogen) atoms. The molecule has 0 radical (unpaired) electrons. The summed E-state index contributed by atoms with van der Waals surface area (Å²) in [7, 11) is -3.56. The second kappa shape index (κ2) is 6.98. The molecule has 1 amide bonds. The summed E-state index contributed by atoms with van der Waals surface area (Å²) in [6.45, 7) is 3.96. The number of fused-ring (bicyclic) bond motifs is 1. The highest BCUT2D eigenvalue weighted by molar-refractivity contribution is 7.89. The highest BCUT2D eigenvalue weighted by Crippen LogP contribution is 2.28. The van der Waals surface area contributed by atoms with Crippen molar-refractivity contribution in [2.75, 3.05) is 39.4 Å². The molecule has 0 atom stereocenters. The van der Waals surface area contributed by atoms with Gasteiger partial charge in [0.2, 0.25) is 10.0 Å². The molecule has 0 aliphatic carbocycles. The molecule has 7 nitrogen and oxygen atoms in total. The molecule has 2 heterocycles. The van der Waals surface area contributed by atoms with Crippen LogP contribution < -0.4 is 4.74 Å². The van der Waals surface area contributed by atoms with Crippen LogP contribution in [-0.2, 0) is 21.2 Å². The number of piperazine rings is 1. The van der Waals surface area contributed by atoms with Gasteiger partial charge in [-0.2, -0.15) is 4.31 Å². The molecule has 0 N–H and O–H groups in total. The zero-order valence-electron chi connectivity index (χ0n) is 13.7. The predicted octanol–water partition coefficient (Wildman–Crippen LogP) is 1.47. The lowest BCUT2D eigenvalue weighted by Crippen LogP contribution is -2.50. The Bertz CT molecular complexity index is 711. The van der Waals surface area contributed by atoms with Gasteiger partial charge in [0, 0.05) is 26.2 Å². The Morgan fingerprint density at radius 1 is 1.25 bits per heavy atom. The molecule has 0 spiro atoms. The van der Waals surface area contributed by atoms with Crippen LogP contribution in [0.15, 0.2) is 23.1 Å². The lowest BCUT2D eigenvalue weighted by atomic mass is 10.1. The molecule has 0 aromatic heterocycles. The van der Waals surface area contributed by atoms with Crippen molar-refractivity contribution in [3.63, 3.8) is 0 Å². The Hall–Kier alpha value is -1.80. The number of nitrogens with zero attached hydrogens (tertiary/aromatic N) is 2. The summed E-state index contributed by atoms with van der Waals surface area (Å²) < 4.78 is 37.6. The standard InChI is InChI=1S/C16H22N2O5S/c1-2-22-16(19)17-7-9-18(10-8-17)24(20,21)14-5-6-15-13(12-14)4-3-11-23-15/h5-6,12H,2-4,7-11H2,1H3. The minimum Gasteiger partial charge on any atom is -0.493 e. The first-order valence-corrected chi connectivity index (χ1v) is 9.64. The van der Waals surface area contributed by atoms with Crippen LogP contribution in [0.4, 0.5) is 4.79 Å². The van der Waals surface area contributed by atoms with E-state index in [1.165, 1.54) is 9.21 Å². The van der Waals surface area contributed by atoms with Gasteiger partial charge < -0.3 is 14.4 Å². The molecule has 2 aliphatic rings. The van der Waals surface area contributed by atoms with Crippen molar-refractivity contribution in [2.45, 2.75) is 24.7 Å². The van der Waals surface area contributed by atoms with E-state index in [1.54, 1.807) is 25.1 Å². The molecule has 1 saturated heterocycles. The summed E-state index contributed by atoms with van der Waals surface area (Å²) >= 11 is 0. The van der Waals surface area contributed by atoms with Crippen molar-refractivity contribution in [2.24, 2.45) is 0 Å². The van der Waals surface area contributed by atoms with Gasteiger partial charge in [0.25, 0.3) is 0 Å². The molecule has 1 aromatic carbocycles. The van der Waals surface area contributed by atoms with Crippen molar-refractivity contribution in [3.8, 4) is 5.75 Å². The number of benzene rings is 1. The highest BCUT2D eigenvalue weighted by atomic mass is 32.2. The minimum atomic E-state index is -3.56. The van der Waals surface area contributed by atoms with Gasteiger partial charge in [-0.15, -0.1) is 0 Å². The van der Waals surface area contributed by atoms with Crippen LogP contribution in [0.25, 0.3) is 0 Å². The Labute approximate surface area is 142 Å². The predicted molar refractivity (Wildman–Crippen MR) is 87.6 cm³/mol.